The molecule has 8 nitrogen and oxygen atoms in total. The number of aromatic nitrogens is 1. The molecule has 4 rings (SSSR count). The molecule has 1 unspecified atom stereocenters. The highest BCUT2D eigenvalue weighted by molar-refractivity contribution is 5.94. The van der Waals surface area contributed by atoms with Gasteiger partial charge in [-0.3, -0.25) is 4.98 Å². The largest absolute Gasteiger partial charge is 0.354 e. The lowest BCUT2D eigenvalue weighted by atomic mass is 10.2. The Morgan fingerprint density at radius 1 is 1.23 bits per heavy atom. The number of aliphatic imine (C=N–C) groups is 1. The van der Waals surface area contributed by atoms with Gasteiger partial charge in [-0.25, -0.2) is 4.99 Å². The smallest absolute Gasteiger partial charge is 0.141 e. The molecule has 1 atom stereocenters. The van der Waals surface area contributed by atoms with Gasteiger partial charge in [-0.2, -0.15) is 0 Å². The topological polar surface area (TPSA) is 79.8 Å². The predicted molar refractivity (Wildman–Crippen MR) is 120 cm³/mol. The quantitative estimate of drug-likeness (QED) is 0.560. The molecule has 1 aromatic rings. The highest BCUT2D eigenvalue weighted by Gasteiger charge is 2.21. The summed E-state index contributed by atoms with van der Waals surface area (Å²) in [7, 11) is 2.16. The van der Waals surface area contributed by atoms with E-state index < -0.39 is 0 Å². The van der Waals surface area contributed by atoms with Crippen LogP contribution in [0.2, 0.25) is 0 Å². The highest BCUT2D eigenvalue weighted by Crippen LogP contribution is 2.12. The lowest BCUT2D eigenvalue weighted by Crippen LogP contribution is -2.49. The van der Waals surface area contributed by atoms with Gasteiger partial charge in [-0.15, -0.1) is 0 Å². The number of nitrogens with one attached hydrogen (secondary N) is 4. The van der Waals surface area contributed by atoms with E-state index in [0.29, 0.717) is 0 Å². The van der Waals surface area contributed by atoms with Crippen LogP contribution in [0.5, 0.6) is 0 Å². The van der Waals surface area contributed by atoms with Crippen molar-refractivity contribution in [1.82, 2.24) is 36.3 Å². The lowest BCUT2D eigenvalue weighted by molar-refractivity contribution is 0.215. The first-order valence-electron chi connectivity index (χ1n) is 10.2. The molecule has 1 aromatic heterocycles. The Labute approximate surface area is 177 Å². The summed E-state index contributed by atoms with van der Waals surface area (Å²) in [5.74, 6) is 1.88. The van der Waals surface area contributed by atoms with Crippen molar-refractivity contribution in [3.8, 4) is 0 Å². The monoisotopic (exact) mass is 404 g/mol. The molecule has 0 bridgehead atoms. The van der Waals surface area contributed by atoms with Gasteiger partial charge in [0.2, 0.25) is 0 Å². The van der Waals surface area contributed by atoms with E-state index >= 15 is 0 Å². The van der Waals surface area contributed by atoms with E-state index in [1.165, 1.54) is 0 Å². The summed E-state index contributed by atoms with van der Waals surface area (Å²) in [4.78, 5) is 13.8. The molecule has 4 heterocycles. The van der Waals surface area contributed by atoms with Crippen molar-refractivity contribution in [2.45, 2.75) is 13.1 Å². The van der Waals surface area contributed by atoms with Crippen LogP contribution in [0.25, 0.3) is 6.08 Å². The average Bonchev–Trinajstić information content (AvgIpc) is 2.97. The molecule has 3 aliphatic heterocycles. The maximum Gasteiger partial charge on any atom is 0.141 e. The maximum absolute atomic E-state index is 4.93. The van der Waals surface area contributed by atoms with Crippen LogP contribution in [0.4, 0.5) is 0 Å². The first-order valence-corrected chi connectivity index (χ1v) is 10.2. The zero-order valence-electron chi connectivity index (χ0n) is 17.4. The molecule has 0 spiro atoms. The number of hydrazine groups is 1. The fourth-order valence-corrected chi connectivity index (χ4v) is 3.37. The summed E-state index contributed by atoms with van der Waals surface area (Å²) in [6.07, 6.45) is 13.4. The Morgan fingerprint density at radius 3 is 2.90 bits per heavy atom. The number of amidine groups is 1. The first-order chi connectivity index (χ1) is 14.7. The van der Waals surface area contributed by atoms with Crippen molar-refractivity contribution < 1.29 is 0 Å². The van der Waals surface area contributed by atoms with Crippen LogP contribution < -0.4 is 21.5 Å². The van der Waals surface area contributed by atoms with Crippen LogP contribution in [-0.2, 0) is 0 Å². The minimum atomic E-state index is -0.177. The third kappa shape index (κ3) is 5.31. The number of hydrogen-bond acceptors (Lipinski definition) is 8. The van der Waals surface area contributed by atoms with Gasteiger partial charge in [0.1, 0.15) is 17.8 Å². The molecular weight excluding hydrogens is 376 g/mol. The van der Waals surface area contributed by atoms with Gasteiger partial charge in [0.25, 0.3) is 0 Å². The Balaban J connectivity index is 1.56. The van der Waals surface area contributed by atoms with Crippen molar-refractivity contribution in [1.29, 1.82) is 0 Å². The third-order valence-electron chi connectivity index (χ3n) is 5.03. The third-order valence-corrected chi connectivity index (χ3v) is 5.03. The Hall–Kier alpha value is -3.48. The minimum absolute atomic E-state index is 0.177. The van der Waals surface area contributed by atoms with Gasteiger partial charge in [0, 0.05) is 50.3 Å². The summed E-state index contributed by atoms with van der Waals surface area (Å²) in [5.41, 5.74) is 12.1. The fourth-order valence-electron chi connectivity index (χ4n) is 3.37. The van der Waals surface area contributed by atoms with Gasteiger partial charge in [-0.05, 0) is 37.8 Å². The van der Waals surface area contributed by atoms with Gasteiger partial charge < -0.3 is 31.3 Å². The molecular formula is C22H28N8. The number of nitrogens with zero attached hydrogens (tertiary/aromatic N) is 4. The Bertz CT molecular complexity index is 929. The van der Waals surface area contributed by atoms with E-state index in [0.717, 1.165) is 54.8 Å². The summed E-state index contributed by atoms with van der Waals surface area (Å²) in [6.45, 7) is 5.99. The number of allylic oxidation sites excluding steroid dienone is 2. The number of rotatable bonds is 4. The molecule has 4 N–H and O–H groups in total. The van der Waals surface area contributed by atoms with Crippen molar-refractivity contribution in [2.75, 3.05) is 33.2 Å². The molecule has 3 aliphatic rings. The average molecular weight is 405 g/mol. The van der Waals surface area contributed by atoms with Crippen molar-refractivity contribution in [3.05, 3.63) is 77.5 Å². The number of pyridine rings is 1. The van der Waals surface area contributed by atoms with Gasteiger partial charge >= 0.3 is 0 Å². The van der Waals surface area contributed by atoms with Gasteiger partial charge in [0.15, 0.2) is 0 Å². The lowest BCUT2D eigenvalue weighted by Gasteiger charge is -2.36. The summed E-state index contributed by atoms with van der Waals surface area (Å²) < 4.78 is 0. The number of piperazine rings is 1. The molecule has 30 heavy (non-hydrogen) atoms. The summed E-state index contributed by atoms with van der Waals surface area (Å²) in [5, 5.41) is 6.90. The van der Waals surface area contributed by atoms with Crippen LogP contribution in [0.1, 0.15) is 12.5 Å². The molecule has 1 fully saturated rings. The van der Waals surface area contributed by atoms with Crippen LogP contribution in [0.3, 0.4) is 0 Å². The van der Waals surface area contributed by atoms with Crippen LogP contribution in [0, 0.1) is 0 Å². The zero-order valence-corrected chi connectivity index (χ0v) is 17.4. The molecule has 0 radical (unpaired) electrons. The molecule has 156 valence electrons. The first kappa shape index (κ1) is 19.8. The molecule has 1 saturated heterocycles. The highest BCUT2D eigenvalue weighted by atomic mass is 15.3. The maximum atomic E-state index is 4.93. The number of hydrogen-bond donors (Lipinski definition) is 4. The van der Waals surface area contributed by atoms with Crippen molar-refractivity contribution >= 4 is 11.9 Å². The van der Waals surface area contributed by atoms with Crippen LogP contribution >= 0.6 is 0 Å². The predicted octanol–water partition coefficient (Wildman–Crippen LogP) is 1.11. The number of likely N-dealkylation sites (N-methyl/N-ethyl adjacent to an activating group) is 1. The Kier molecular flexibility index (Phi) is 6.17. The van der Waals surface area contributed by atoms with Crippen LogP contribution in [0.15, 0.2) is 76.9 Å². The van der Waals surface area contributed by atoms with E-state index in [9.17, 15) is 0 Å². The van der Waals surface area contributed by atoms with Crippen molar-refractivity contribution in [3.63, 3.8) is 0 Å². The molecule has 0 aliphatic carbocycles. The fraction of sp³-hybridized carbons (Fsp3) is 0.318. The normalized spacial score (nSPS) is 22.1. The van der Waals surface area contributed by atoms with E-state index in [4.69, 9.17) is 4.99 Å². The summed E-state index contributed by atoms with van der Waals surface area (Å²) in [6, 6.07) is 3.96. The second kappa shape index (κ2) is 9.35. The minimum Gasteiger partial charge on any atom is -0.354 e. The van der Waals surface area contributed by atoms with Gasteiger partial charge in [-0.1, -0.05) is 17.9 Å². The van der Waals surface area contributed by atoms with E-state index in [-0.39, 0.29) is 6.17 Å². The SMILES string of the molecule is CC1=CC(NC2=CC(N3CCN(C)CC3)=NC(/C=C/c3cccnc3)N2)=C=CNN1. The Morgan fingerprint density at radius 2 is 2.10 bits per heavy atom. The standard InChI is InChI=1S/C22H28N8/c1-17-14-19(7-9-24-28-17)25-21-15-22(30-12-10-29(2)11-13-30)27-20(26-21)6-5-18-4-3-8-23-16-18/h3-6,8-9,14-16,20,24-26,28H,10-13H2,1-2H3/b6-5+. The molecule has 0 aromatic carbocycles. The molecule has 0 saturated carbocycles. The van der Waals surface area contributed by atoms with E-state index in [1.807, 2.05) is 37.4 Å². The van der Waals surface area contributed by atoms with E-state index in [2.05, 4.69) is 61.2 Å². The summed E-state index contributed by atoms with van der Waals surface area (Å²) >= 11 is 0. The van der Waals surface area contributed by atoms with Crippen LogP contribution in [-0.4, -0.2) is 60.0 Å². The van der Waals surface area contributed by atoms with Gasteiger partial charge in [0.05, 0.1) is 11.9 Å². The second-order valence-corrected chi connectivity index (χ2v) is 7.49. The molecule has 8 heteroatoms. The van der Waals surface area contributed by atoms with Crippen molar-refractivity contribution in [2.24, 2.45) is 4.99 Å². The van der Waals surface area contributed by atoms with E-state index in [1.54, 1.807) is 12.4 Å². The zero-order chi connectivity index (χ0) is 20.8. The molecule has 0 amide bonds. The second-order valence-electron chi connectivity index (χ2n) is 7.49.